The number of halogens is 2. The molecule has 0 N–H and O–H groups in total. The minimum absolute atomic E-state index is 0.0590. The van der Waals surface area contributed by atoms with Crippen LogP contribution in [-0.4, -0.2) is 26.2 Å². The van der Waals surface area contributed by atoms with E-state index in [0.717, 1.165) is 0 Å². The molecule has 0 amide bonds. The van der Waals surface area contributed by atoms with E-state index < -0.39 is 11.9 Å². The van der Waals surface area contributed by atoms with Crippen LogP contribution >= 0.6 is 23.2 Å². The number of carbonyl (C=O) groups is 2. The van der Waals surface area contributed by atoms with E-state index in [-0.39, 0.29) is 21.2 Å². The van der Waals surface area contributed by atoms with E-state index in [2.05, 4.69) is 9.47 Å². The molecule has 0 atom stereocenters. The predicted octanol–water partition coefficient (Wildman–Crippen LogP) is 2.88. The van der Waals surface area contributed by atoms with Crippen LogP contribution in [-0.2, 0) is 9.47 Å². The molecule has 6 heteroatoms. The zero-order valence-electron chi connectivity index (χ0n) is 9.47. The van der Waals surface area contributed by atoms with Gasteiger partial charge < -0.3 is 9.47 Å². The highest BCUT2D eigenvalue weighted by Crippen LogP contribution is 2.31. The Hall–Kier alpha value is -1.26. The van der Waals surface area contributed by atoms with Crippen LogP contribution in [0.2, 0.25) is 10.0 Å². The quantitative estimate of drug-likeness (QED) is 0.780. The van der Waals surface area contributed by atoms with Crippen molar-refractivity contribution >= 4 is 35.1 Å². The molecule has 0 spiro atoms. The second-order valence-electron chi connectivity index (χ2n) is 3.20. The highest BCUT2D eigenvalue weighted by atomic mass is 35.5. The molecule has 1 rings (SSSR count). The summed E-state index contributed by atoms with van der Waals surface area (Å²) in [6, 6.07) is 1.36. The molecule has 17 heavy (non-hydrogen) atoms. The fourth-order valence-electron chi connectivity index (χ4n) is 1.38. The zero-order chi connectivity index (χ0) is 13.2. The van der Waals surface area contributed by atoms with Gasteiger partial charge in [0.2, 0.25) is 0 Å². The van der Waals surface area contributed by atoms with E-state index in [1.54, 1.807) is 6.92 Å². The third kappa shape index (κ3) is 2.53. The summed E-state index contributed by atoms with van der Waals surface area (Å²) in [7, 11) is 2.46. The molecular formula is C11H10Cl2O4. The summed E-state index contributed by atoms with van der Waals surface area (Å²) >= 11 is 11.8. The summed E-state index contributed by atoms with van der Waals surface area (Å²) in [4.78, 5) is 23.0. The minimum Gasteiger partial charge on any atom is -0.465 e. The average molecular weight is 277 g/mol. The average Bonchev–Trinajstić information content (AvgIpc) is 2.32. The fraction of sp³-hybridized carbons (Fsp3) is 0.273. The number of ether oxygens (including phenoxy) is 2. The largest absolute Gasteiger partial charge is 0.465 e. The molecule has 0 aromatic heterocycles. The summed E-state index contributed by atoms with van der Waals surface area (Å²) < 4.78 is 9.17. The molecule has 0 fully saturated rings. The lowest BCUT2D eigenvalue weighted by atomic mass is 10.0. The molecule has 0 aliphatic heterocycles. The first-order chi connectivity index (χ1) is 7.93. The number of hydrogen-bond donors (Lipinski definition) is 0. The van der Waals surface area contributed by atoms with Gasteiger partial charge in [-0.15, -0.1) is 0 Å². The van der Waals surface area contributed by atoms with Gasteiger partial charge in [0, 0.05) is 0 Å². The maximum absolute atomic E-state index is 11.6. The van der Waals surface area contributed by atoms with Crippen molar-refractivity contribution in [1.82, 2.24) is 0 Å². The number of carbonyl (C=O) groups excluding carboxylic acids is 2. The third-order valence-electron chi connectivity index (χ3n) is 2.27. The predicted molar refractivity (Wildman–Crippen MR) is 63.9 cm³/mol. The van der Waals surface area contributed by atoms with Crippen molar-refractivity contribution in [2.24, 2.45) is 0 Å². The number of benzene rings is 1. The van der Waals surface area contributed by atoms with Gasteiger partial charge in [0.15, 0.2) is 0 Å². The highest BCUT2D eigenvalue weighted by Gasteiger charge is 2.23. The van der Waals surface area contributed by atoms with Crippen LogP contribution in [0, 0.1) is 6.92 Å². The Labute approximate surface area is 108 Å². The number of hydrogen-bond acceptors (Lipinski definition) is 4. The van der Waals surface area contributed by atoms with Crippen LogP contribution in [0.4, 0.5) is 0 Å². The molecule has 1 aromatic rings. The van der Waals surface area contributed by atoms with Crippen molar-refractivity contribution in [1.29, 1.82) is 0 Å². The van der Waals surface area contributed by atoms with Gasteiger partial charge in [-0.1, -0.05) is 23.2 Å². The standard InChI is InChI=1S/C11H10Cl2O4/c1-5-6(10(14)16-2)4-7(12)9(13)8(5)11(15)17-3/h4H,1-3H3. The minimum atomic E-state index is -0.653. The first kappa shape index (κ1) is 13.8. The van der Waals surface area contributed by atoms with Gasteiger partial charge in [0.05, 0.1) is 35.4 Å². The van der Waals surface area contributed by atoms with Crippen molar-refractivity contribution in [3.05, 3.63) is 32.8 Å². The lowest BCUT2D eigenvalue weighted by Crippen LogP contribution is -2.11. The van der Waals surface area contributed by atoms with E-state index in [0.29, 0.717) is 5.56 Å². The van der Waals surface area contributed by atoms with E-state index in [4.69, 9.17) is 23.2 Å². The van der Waals surface area contributed by atoms with Gasteiger partial charge >= 0.3 is 11.9 Å². The summed E-state index contributed by atoms with van der Waals surface area (Å²) in [5.74, 6) is -1.24. The normalized spacial score (nSPS) is 9.94. The van der Waals surface area contributed by atoms with Gasteiger partial charge in [-0.25, -0.2) is 9.59 Å². The maximum Gasteiger partial charge on any atom is 0.339 e. The Morgan fingerprint density at radius 2 is 1.65 bits per heavy atom. The molecule has 0 heterocycles. The van der Waals surface area contributed by atoms with Crippen LogP contribution in [0.5, 0.6) is 0 Å². The summed E-state index contributed by atoms with van der Waals surface area (Å²) in [6.07, 6.45) is 0. The van der Waals surface area contributed by atoms with Crippen LogP contribution < -0.4 is 0 Å². The molecule has 0 saturated heterocycles. The molecular weight excluding hydrogens is 267 g/mol. The molecule has 4 nitrogen and oxygen atoms in total. The second-order valence-corrected chi connectivity index (χ2v) is 3.99. The molecule has 0 unspecified atom stereocenters. The second kappa shape index (κ2) is 5.38. The molecule has 0 saturated carbocycles. The lowest BCUT2D eigenvalue weighted by molar-refractivity contribution is 0.0598. The summed E-state index contributed by atoms with van der Waals surface area (Å²) in [6.45, 7) is 1.57. The molecule has 1 aromatic carbocycles. The molecule has 0 aliphatic rings. The van der Waals surface area contributed by atoms with Crippen LogP contribution in [0.3, 0.4) is 0 Å². The maximum atomic E-state index is 11.6. The van der Waals surface area contributed by atoms with E-state index in [1.807, 2.05) is 0 Å². The smallest absolute Gasteiger partial charge is 0.339 e. The van der Waals surface area contributed by atoms with Crippen LogP contribution in [0.15, 0.2) is 6.07 Å². The van der Waals surface area contributed by atoms with Crippen molar-refractivity contribution in [3.8, 4) is 0 Å². The summed E-state index contributed by atoms with van der Waals surface area (Å²) in [5, 5.41) is 0.154. The van der Waals surface area contributed by atoms with Gasteiger partial charge in [0.1, 0.15) is 0 Å². The zero-order valence-corrected chi connectivity index (χ0v) is 11.0. The number of rotatable bonds is 2. The Morgan fingerprint density at radius 1 is 1.12 bits per heavy atom. The van der Waals surface area contributed by atoms with Crippen molar-refractivity contribution in [2.45, 2.75) is 6.92 Å². The fourth-order valence-corrected chi connectivity index (χ4v) is 1.86. The first-order valence-electron chi connectivity index (χ1n) is 4.59. The molecule has 0 aliphatic carbocycles. The first-order valence-corrected chi connectivity index (χ1v) is 5.34. The monoisotopic (exact) mass is 276 g/mol. The summed E-state index contributed by atoms with van der Waals surface area (Å²) in [5.41, 5.74) is 0.627. The highest BCUT2D eigenvalue weighted by molar-refractivity contribution is 6.44. The number of methoxy groups -OCH3 is 2. The Kier molecular flexibility index (Phi) is 4.37. The van der Waals surface area contributed by atoms with E-state index in [1.165, 1.54) is 20.3 Å². The van der Waals surface area contributed by atoms with Crippen molar-refractivity contribution in [3.63, 3.8) is 0 Å². The molecule has 0 radical (unpaired) electrons. The van der Waals surface area contributed by atoms with Crippen molar-refractivity contribution < 1.29 is 19.1 Å². The van der Waals surface area contributed by atoms with Gasteiger partial charge in [-0.3, -0.25) is 0 Å². The van der Waals surface area contributed by atoms with Gasteiger partial charge in [-0.2, -0.15) is 0 Å². The molecule has 0 bridgehead atoms. The Balaban J connectivity index is 3.53. The molecule has 92 valence electrons. The SMILES string of the molecule is COC(=O)c1cc(Cl)c(Cl)c(C(=O)OC)c1C. The van der Waals surface area contributed by atoms with Crippen molar-refractivity contribution in [2.75, 3.05) is 14.2 Å². The Morgan fingerprint density at radius 3 is 2.12 bits per heavy atom. The van der Waals surface area contributed by atoms with Gasteiger partial charge in [-0.05, 0) is 18.6 Å². The van der Waals surface area contributed by atoms with Crippen LogP contribution in [0.1, 0.15) is 26.3 Å². The van der Waals surface area contributed by atoms with E-state index in [9.17, 15) is 9.59 Å². The topological polar surface area (TPSA) is 52.6 Å². The van der Waals surface area contributed by atoms with Gasteiger partial charge in [0.25, 0.3) is 0 Å². The Bertz CT molecular complexity index is 483. The lowest BCUT2D eigenvalue weighted by Gasteiger charge is -2.11. The number of esters is 2. The third-order valence-corrected chi connectivity index (χ3v) is 3.06. The van der Waals surface area contributed by atoms with Crippen LogP contribution in [0.25, 0.3) is 0 Å². The van der Waals surface area contributed by atoms with E-state index >= 15 is 0 Å².